The third-order valence-electron chi connectivity index (χ3n) is 7.46. The minimum Gasteiger partial charge on any atom is -0.456 e. The fraction of sp³-hybridized carbons (Fsp3) is 0.516. The van der Waals surface area contributed by atoms with Crippen LogP contribution in [0.15, 0.2) is 48.5 Å². The zero-order valence-corrected chi connectivity index (χ0v) is 23.5. The van der Waals surface area contributed by atoms with E-state index in [-0.39, 0.29) is 23.8 Å². The Bertz CT molecular complexity index is 1150. The monoisotopic (exact) mass is 535 g/mol. The SMILES string of the molecule is C[C@@H](Cc1ccc(N2CCN(C3CCC(O)CC3)CC2=O)cc1)C(=O)Nc1ccc(C(=O)OC(C)(C)C)cc1. The van der Waals surface area contributed by atoms with Crippen LogP contribution in [0.4, 0.5) is 11.4 Å². The maximum atomic E-state index is 12.9. The maximum Gasteiger partial charge on any atom is 0.338 e. The van der Waals surface area contributed by atoms with Crippen LogP contribution in [0.5, 0.6) is 0 Å². The number of aliphatic hydroxyl groups excluding tert-OH is 1. The molecular weight excluding hydrogens is 494 g/mol. The first-order valence-electron chi connectivity index (χ1n) is 13.9. The van der Waals surface area contributed by atoms with Crippen molar-refractivity contribution < 1.29 is 24.2 Å². The maximum absolute atomic E-state index is 12.9. The van der Waals surface area contributed by atoms with Crippen LogP contribution < -0.4 is 10.2 Å². The van der Waals surface area contributed by atoms with Gasteiger partial charge in [0.15, 0.2) is 0 Å². The van der Waals surface area contributed by atoms with Crippen LogP contribution in [0.1, 0.15) is 69.3 Å². The number of carbonyl (C=O) groups is 3. The van der Waals surface area contributed by atoms with Gasteiger partial charge >= 0.3 is 5.97 Å². The first kappa shape index (κ1) is 28.8. The van der Waals surface area contributed by atoms with Crippen molar-refractivity contribution in [2.45, 2.75) is 77.5 Å². The van der Waals surface area contributed by atoms with E-state index in [1.54, 1.807) is 24.3 Å². The Labute approximate surface area is 231 Å². The van der Waals surface area contributed by atoms with Gasteiger partial charge in [0, 0.05) is 36.4 Å². The molecule has 1 heterocycles. The Morgan fingerprint density at radius 3 is 2.23 bits per heavy atom. The molecule has 2 N–H and O–H groups in total. The molecule has 0 bridgehead atoms. The van der Waals surface area contributed by atoms with Crippen molar-refractivity contribution in [2.24, 2.45) is 5.92 Å². The molecule has 4 rings (SSSR count). The van der Waals surface area contributed by atoms with Crippen LogP contribution in [0, 0.1) is 5.92 Å². The van der Waals surface area contributed by atoms with E-state index in [4.69, 9.17) is 4.74 Å². The predicted octanol–water partition coefficient (Wildman–Crippen LogP) is 4.41. The molecule has 0 spiro atoms. The highest BCUT2D eigenvalue weighted by Gasteiger charge is 2.31. The smallest absolute Gasteiger partial charge is 0.338 e. The first-order chi connectivity index (χ1) is 18.5. The lowest BCUT2D eigenvalue weighted by Crippen LogP contribution is -2.54. The van der Waals surface area contributed by atoms with Crippen LogP contribution in [0.2, 0.25) is 0 Å². The Balaban J connectivity index is 1.26. The molecule has 2 aliphatic rings. The number of ether oxygens (including phenoxy) is 1. The van der Waals surface area contributed by atoms with Crippen molar-refractivity contribution in [3.05, 3.63) is 59.7 Å². The molecule has 2 aromatic carbocycles. The van der Waals surface area contributed by atoms with Gasteiger partial charge < -0.3 is 20.1 Å². The number of amides is 2. The molecule has 2 aromatic rings. The number of nitrogens with zero attached hydrogens (tertiary/aromatic N) is 2. The summed E-state index contributed by atoms with van der Waals surface area (Å²) in [4.78, 5) is 42.0. The Kier molecular flexibility index (Phi) is 9.08. The molecule has 1 saturated carbocycles. The lowest BCUT2D eigenvalue weighted by atomic mass is 9.91. The molecule has 0 radical (unpaired) electrons. The molecule has 2 amide bonds. The molecule has 8 nitrogen and oxygen atoms in total. The van der Waals surface area contributed by atoms with Crippen LogP contribution in [-0.2, 0) is 20.7 Å². The van der Waals surface area contributed by atoms with Gasteiger partial charge in [-0.1, -0.05) is 19.1 Å². The third kappa shape index (κ3) is 7.90. The van der Waals surface area contributed by atoms with Gasteiger partial charge in [0.25, 0.3) is 0 Å². The van der Waals surface area contributed by atoms with Crippen LogP contribution in [0.3, 0.4) is 0 Å². The fourth-order valence-electron chi connectivity index (χ4n) is 5.25. The summed E-state index contributed by atoms with van der Waals surface area (Å²) < 4.78 is 5.38. The van der Waals surface area contributed by atoms with Gasteiger partial charge in [-0.25, -0.2) is 4.79 Å². The molecule has 210 valence electrons. The van der Waals surface area contributed by atoms with E-state index < -0.39 is 11.6 Å². The summed E-state index contributed by atoms with van der Waals surface area (Å²) in [6.45, 7) is 9.25. The lowest BCUT2D eigenvalue weighted by molar-refractivity contribution is -0.122. The highest BCUT2D eigenvalue weighted by Crippen LogP contribution is 2.26. The topological polar surface area (TPSA) is 99.2 Å². The number of nitrogens with one attached hydrogen (secondary N) is 1. The van der Waals surface area contributed by atoms with Crippen LogP contribution in [-0.4, -0.2) is 65.2 Å². The second-order valence-corrected chi connectivity index (χ2v) is 11.8. The Morgan fingerprint density at radius 2 is 1.64 bits per heavy atom. The van der Waals surface area contributed by atoms with E-state index >= 15 is 0 Å². The second-order valence-electron chi connectivity index (χ2n) is 11.8. The third-order valence-corrected chi connectivity index (χ3v) is 7.46. The summed E-state index contributed by atoms with van der Waals surface area (Å²) >= 11 is 0. The standard InChI is InChI=1S/C31H41N3O5/c1-21(29(37)32-24-9-7-23(8-10-24)30(38)39-31(2,3)4)19-22-5-11-26(12-6-22)34-18-17-33(20-28(34)36)25-13-15-27(35)16-14-25/h5-12,21,25,27,35H,13-20H2,1-4H3,(H,32,37)/t21-,25?,27?/m0/s1. The van der Waals surface area contributed by atoms with Crippen molar-refractivity contribution in [3.8, 4) is 0 Å². The molecule has 2 fully saturated rings. The van der Waals surface area contributed by atoms with Gasteiger partial charge in [-0.3, -0.25) is 14.5 Å². The first-order valence-corrected chi connectivity index (χ1v) is 13.9. The number of hydrogen-bond acceptors (Lipinski definition) is 6. The van der Waals surface area contributed by atoms with Crippen LogP contribution in [0.25, 0.3) is 0 Å². The molecule has 0 aromatic heterocycles. The number of carbonyl (C=O) groups excluding carboxylic acids is 3. The molecule has 1 aliphatic heterocycles. The minimum absolute atomic E-state index is 0.102. The van der Waals surface area contributed by atoms with Gasteiger partial charge in [0.2, 0.25) is 11.8 Å². The highest BCUT2D eigenvalue weighted by atomic mass is 16.6. The number of esters is 1. The van der Waals surface area contributed by atoms with E-state index in [9.17, 15) is 19.5 Å². The molecule has 1 atom stereocenters. The number of aliphatic hydroxyl groups is 1. The van der Waals surface area contributed by atoms with Gasteiger partial charge in [-0.05, 0) is 94.8 Å². The number of piperazine rings is 1. The predicted molar refractivity (Wildman–Crippen MR) is 152 cm³/mol. The van der Waals surface area contributed by atoms with Crippen molar-refractivity contribution in [2.75, 3.05) is 29.9 Å². The summed E-state index contributed by atoms with van der Waals surface area (Å²) in [5.74, 6) is -0.664. The number of rotatable bonds is 7. The van der Waals surface area contributed by atoms with Gasteiger partial charge in [-0.15, -0.1) is 0 Å². The second kappa shape index (κ2) is 12.3. The van der Waals surface area contributed by atoms with Crippen molar-refractivity contribution in [3.63, 3.8) is 0 Å². The molecule has 0 unspecified atom stereocenters. The van der Waals surface area contributed by atoms with Crippen LogP contribution >= 0.6 is 0 Å². The highest BCUT2D eigenvalue weighted by molar-refractivity contribution is 5.96. The quantitative estimate of drug-likeness (QED) is 0.510. The van der Waals surface area contributed by atoms with E-state index in [0.717, 1.165) is 43.5 Å². The number of benzene rings is 2. The Morgan fingerprint density at radius 1 is 1.00 bits per heavy atom. The average Bonchev–Trinajstić information content (AvgIpc) is 2.89. The zero-order chi connectivity index (χ0) is 28.2. The molecule has 8 heteroatoms. The minimum atomic E-state index is -0.567. The zero-order valence-electron chi connectivity index (χ0n) is 23.5. The number of hydrogen-bond donors (Lipinski definition) is 2. The van der Waals surface area contributed by atoms with Gasteiger partial charge in [0.05, 0.1) is 18.2 Å². The van der Waals surface area contributed by atoms with Gasteiger partial charge in [-0.2, -0.15) is 0 Å². The summed E-state index contributed by atoms with van der Waals surface area (Å²) in [5, 5.41) is 12.7. The van der Waals surface area contributed by atoms with Gasteiger partial charge in [0.1, 0.15) is 5.60 Å². The lowest BCUT2D eigenvalue weighted by Gasteiger charge is -2.40. The molecule has 1 saturated heterocycles. The summed E-state index contributed by atoms with van der Waals surface area (Å²) in [6, 6.07) is 15.0. The van der Waals surface area contributed by atoms with E-state index in [1.807, 2.05) is 56.9 Å². The van der Waals surface area contributed by atoms with E-state index in [0.29, 0.717) is 36.8 Å². The largest absolute Gasteiger partial charge is 0.456 e. The Hall–Kier alpha value is -3.23. The summed E-state index contributed by atoms with van der Waals surface area (Å²) in [5.41, 5.74) is 2.39. The normalized spacial score (nSPS) is 21.4. The molecule has 39 heavy (non-hydrogen) atoms. The van der Waals surface area contributed by atoms with Crippen molar-refractivity contribution >= 4 is 29.2 Å². The van der Waals surface area contributed by atoms with E-state index in [2.05, 4.69) is 10.2 Å². The number of anilines is 2. The average molecular weight is 536 g/mol. The van der Waals surface area contributed by atoms with E-state index in [1.165, 1.54) is 0 Å². The fourth-order valence-corrected chi connectivity index (χ4v) is 5.25. The summed E-state index contributed by atoms with van der Waals surface area (Å²) in [6.07, 6.45) is 3.91. The van der Waals surface area contributed by atoms with Crippen molar-refractivity contribution in [1.29, 1.82) is 0 Å². The molecular formula is C31H41N3O5. The molecule has 1 aliphatic carbocycles. The summed E-state index contributed by atoms with van der Waals surface area (Å²) in [7, 11) is 0. The van der Waals surface area contributed by atoms with Crippen molar-refractivity contribution in [1.82, 2.24) is 4.90 Å².